The Balaban J connectivity index is 2.59. The molecule has 2 N–H and O–H groups in total. The molecular formula is C12H12ClNOS. The Hall–Kier alpha value is -1.19. The van der Waals surface area contributed by atoms with Crippen LogP contribution in [-0.4, -0.2) is 7.11 Å². The Morgan fingerprint density at radius 3 is 2.62 bits per heavy atom. The largest absolute Gasteiger partial charge is 0.496 e. The Kier molecular flexibility index (Phi) is 3.08. The van der Waals surface area contributed by atoms with E-state index in [9.17, 15) is 0 Å². The number of thiophene rings is 1. The van der Waals surface area contributed by atoms with Gasteiger partial charge in [0.25, 0.3) is 0 Å². The summed E-state index contributed by atoms with van der Waals surface area (Å²) in [5, 5.41) is 3.52. The first-order chi connectivity index (χ1) is 7.61. The lowest BCUT2D eigenvalue weighted by Gasteiger charge is -2.09. The summed E-state index contributed by atoms with van der Waals surface area (Å²) < 4.78 is 5.35. The minimum atomic E-state index is 0.737. The van der Waals surface area contributed by atoms with E-state index in [4.69, 9.17) is 22.1 Å². The molecule has 0 spiro atoms. The minimum Gasteiger partial charge on any atom is -0.496 e. The molecule has 0 fully saturated rings. The van der Waals surface area contributed by atoms with Gasteiger partial charge in [-0.15, -0.1) is 11.3 Å². The second-order valence-electron chi connectivity index (χ2n) is 3.54. The third-order valence-electron chi connectivity index (χ3n) is 2.41. The van der Waals surface area contributed by atoms with E-state index in [1.54, 1.807) is 7.11 Å². The van der Waals surface area contributed by atoms with E-state index >= 15 is 0 Å². The molecule has 0 saturated carbocycles. The molecule has 0 radical (unpaired) electrons. The van der Waals surface area contributed by atoms with Crippen molar-refractivity contribution >= 4 is 27.9 Å². The summed E-state index contributed by atoms with van der Waals surface area (Å²) in [6, 6.07) is 5.77. The van der Waals surface area contributed by atoms with E-state index in [2.05, 4.69) is 0 Å². The average Bonchev–Trinajstić information content (AvgIpc) is 2.68. The molecule has 0 atom stereocenters. The van der Waals surface area contributed by atoms with Crippen molar-refractivity contribution in [3.05, 3.63) is 34.2 Å². The van der Waals surface area contributed by atoms with Crippen LogP contribution in [0.3, 0.4) is 0 Å². The first-order valence-electron chi connectivity index (χ1n) is 4.80. The molecule has 4 heteroatoms. The maximum absolute atomic E-state index is 6.12. The number of halogens is 1. The fourth-order valence-electron chi connectivity index (χ4n) is 1.54. The summed E-state index contributed by atoms with van der Waals surface area (Å²) in [6.07, 6.45) is 0. The number of ether oxygens (including phenoxy) is 1. The van der Waals surface area contributed by atoms with Crippen LogP contribution < -0.4 is 10.5 Å². The summed E-state index contributed by atoms with van der Waals surface area (Å²) in [5.74, 6) is 0.819. The van der Waals surface area contributed by atoms with Gasteiger partial charge in [-0.05, 0) is 36.2 Å². The lowest BCUT2D eigenvalue weighted by atomic mass is 10.1. The van der Waals surface area contributed by atoms with E-state index in [1.807, 2.05) is 30.5 Å². The van der Waals surface area contributed by atoms with Crippen LogP contribution in [0, 0.1) is 6.92 Å². The fourth-order valence-corrected chi connectivity index (χ4v) is 2.36. The number of aryl methyl sites for hydroxylation is 1. The Bertz CT molecular complexity index is 522. The fraction of sp³-hybridized carbons (Fsp3) is 0.167. The van der Waals surface area contributed by atoms with Gasteiger partial charge in [0.2, 0.25) is 0 Å². The molecule has 1 heterocycles. The van der Waals surface area contributed by atoms with Crippen molar-refractivity contribution < 1.29 is 4.74 Å². The highest BCUT2D eigenvalue weighted by molar-refractivity contribution is 7.14. The highest BCUT2D eigenvalue weighted by Gasteiger charge is 2.10. The Morgan fingerprint density at radius 1 is 1.31 bits per heavy atom. The van der Waals surface area contributed by atoms with Crippen LogP contribution in [0.5, 0.6) is 5.75 Å². The van der Waals surface area contributed by atoms with Gasteiger partial charge in [0.15, 0.2) is 0 Å². The van der Waals surface area contributed by atoms with E-state index in [0.717, 1.165) is 32.5 Å². The maximum atomic E-state index is 6.12. The Morgan fingerprint density at radius 2 is 2.06 bits per heavy atom. The third-order valence-corrected chi connectivity index (χ3v) is 3.58. The molecule has 0 aliphatic carbocycles. The zero-order valence-corrected chi connectivity index (χ0v) is 10.7. The van der Waals surface area contributed by atoms with Crippen LogP contribution in [-0.2, 0) is 0 Å². The third kappa shape index (κ3) is 2.01. The minimum absolute atomic E-state index is 0.737. The van der Waals surface area contributed by atoms with Gasteiger partial charge in [0.05, 0.1) is 12.1 Å². The highest BCUT2D eigenvalue weighted by atomic mass is 35.5. The molecular weight excluding hydrogens is 242 g/mol. The van der Waals surface area contributed by atoms with Crippen molar-refractivity contribution in [2.24, 2.45) is 0 Å². The number of anilines is 1. The molecule has 1 aromatic heterocycles. The summed E-state index contributed by atoms with van der Waals surface area (Å²) in [4.78, 5) is 0. The molecule has 0 saturated heterocycles. The number of rotatable bonds is 2. The first kappa shape index (κ1) is 11.3. The molecule has 0 bridgehead atoms. The number of nitrogens with two attached hydrogens (primary N) is 1. The molecule has 2 aromatic rings. The summed E-state index contributed by atoms with van der Waals surface area (Å²) in [5.41, 5.74) is 8.75. The number of methoxy groups -OCH3 is 1. The van der Waals surface area contributed by atoms with E-state index in [-0.39, 0.29) is 0 Å². The van der Waals surface area contributed by atoms with Gasteiger partial charge in [0.1, 0.15) is 5.75 Å². The highest BCUT2D eigenvalue weighted by Crippen LogP contribution is 2.37. The molecule has 0 unspecified atom stereocenters. The second kappa shape index (κ2) is 4.36. The van der Waals surface area contributed by atoms with Gasteiger partial charge in [-0.3, -0.25) is 0 Å². The van der Waals surface area contributed by atoms with Crippen molar-refractivity contribution in [1.29, 1.82) is 0 Å². The standard InChI is InChI=1S/C12H12ClNOS/c1-7-3-11(15-2)9(5-10(7)13)8-4-12(14)16-6-8/h3-6H,14H2,1-2H3. The van der Waals surface area contributed by atoms with Crippen molar-refractivity contribution in [2.75, 3.05) is 12.8 Å². The summed E-state index contributed by atoms with van der Waals surface area (Å²) >= 11 is 7.62. The van der Waals surface area contributed by atoms with Crippen LogP contribution in [0.4, 0.5) is 5.00 Å². The Labute approximate surface area is 104 Å². The SMILES string of the molecule is COc1cc(C)c(Cl)cc1-c1csc(N)c1. The molecule has 1 aromatic carbocycles. The van der Waals surface area contributed by atoms with E-state index in [0.29, 0.717) is 0 Å². The zero-order valence-electron chi connectivity index (χ0n) is 9.08. The van der Waals surface area contributed by atoms with Gasteiger partial charge < -0.3 is 10.5 Å². The molecule has 2 nitrogen and oxygen atoms in total. The lowest BCUT2D eigenvalue weighted by Crippen LogP contribution is -1.89. The average molecular weight is 254 g/mol. The van der Waals surface area contributed by atoms with Crippen molar-refractivity contribution in [3.8, 4) is 16.9 Å². The maximum Gasteiger partial charge on any atom is 0.127 e. The number of benzene rings is 1. The van der Waals surface area contributed by atoms with E-state index in [1.165, 1.54) is 11.3 Å². The predicted octanol–water partition coefficient (Wildman–Crippen LogP) is 3.97. The normalized spacial score (nSPS) is 10.4. The molecule has 0 aliphatic rings. The van der Waals surface area contributed by atoms with Gasteiger partial charge in [-0.1, -0.05) is 11.6 Å². The van der Waals surface area contributed by atoms with Crippen molar-refractivity contribution in [1.82, 2.24) is 0 Å². The van der Waals surface area contributed by atoms with Crippen LogP contribution in [0.15, 0.2) is 23.6 Å². The zero-order chi connectivity index (χ0) is 11.7. The van der Waals surface area contributed by atoms with Crippen molar-refractivity contribution in [3.63, 3.8) is 0 Å². The monoisotopic (exact) mass is 253 g/mol. The van der Waals surface area contributed by atoms with E-state index < -0.39 is 0 Å². The molecule has 0 amide bonds. The first-order valence-corrected chi connectivity index (χ1v) is 6.06. The second-order valence-corrected chi connectivity index (χ2v) is 4.89. The van der Waals surface area contributed by atoms with Crippen LogP contribution in [0.1, 0.15) is 5.56 Å². The quantitative estimate of drug-likeness (QED) is 0.879. The topological polar surface area (TPSA) is 35.2 Å². The van der Waals surface area contributed by atoms with Crippen molar-refractivity contribution in [2.45, 2.75) is 6.92 Å². The number of nitrogen functional groups attached to an aromatic ring is 1. The molecule has 2 rings (SSSR count). The smallest absolute Gasteiger partial charge is 0.127 e. The van der Waals surface area contributed by atoms with Gasteiger partial charge in [-0.2, -0.15) is 0 Å². The molecule has 16 heavy (non-hydrogen) atoms. The molecule has 0 aliphatic heterocycles. The van der Waals surface area contributed by atoms with Crippen LogP contribution in [0.25, 0.3) is 11.1 Å². The van der Waals surface area contributed by atoms with Gasteiger partial charge >= 0.3 is 0 Å². The van der Waals surface area contributed by atoms with Crippen LogP contribution in [0.2, 0.25) is 5.02 Å². The summed E-state index contributed by atoms with van der Waals surface area (Å²) in [7, 11) is 1.65. The predicted molar refractivity (Wildman–Crippen MR) is 70.5 cm³/mol. The van der Waals surface area contributed by atoms with Gasteiger partial charge in [-0.25, -0.2) is 0 Å². The summed E-state index contributed by atoms with van der Waals surface area (Å²) in [6.45, 7) is 1.95. The molecule has 84 valence electrons. The van der Waals surface area contributed by atoms with Gasteiger partial charge in [0, 0.05) is 16.0 Å². The number of hydrogen-bond acceptors (Lipinski definition) is 3. The lowest BCUT2D eigenvalue weighted by molar-refractivity contribution is 0.416. The number of hydrogen-bond donors (Lipinski definition) is 1. The van der Waals surface area contributed by atoms with Crippen LogP contribution >= 0.6 is 22.9 Å².